The summed E-state index contributed by atoms with van der Waals surface area (Å²) in [5.74, 6) is 1.82. The van der Waals surface area contributed by atoms with E-state index in [9.17, 15) is 4.79 Å². The number of ether oxygens (including phenoxy) is 1. The SMILES string of the molecule is COc1ccccc1-c1noc(-c2cccc3c(=O)c(C)c(-c4ccccc4)oc23)n1. The van der Waals surface area contributed by atoms with Crippen molar-refractivity contribution < 1.29 is 13.7 Å². The van der Waals surface area contributed by atoms with Crippen molar-refractivity contribution in [1.29, 1.82) is 0 Å². The van der Waals surface area contributed by atoms with Crippen molar-refractivity contribution in [3.63, 3.8) is 0 Å². The molecule has 2 heterocycles. The van der Waals surface area contributed by atoms with Gasteiger partial charge in [0.05, 0.1) is 23.6 Å². The van der Waals surface area contributed by atoms with Crippen LogP contribution in [0.3, 0.4) is 0 Å². The second-order valence-corrected chi connectivity index (χ2v) is 7.06. The van der Waals surface area contributed by atoms with Crippen molar-refractivity contribution in [3.05, 3.63) is 88.6 Å². The van der Waals surface area contributed by atoms with E-state index in [0.717, 1.165) is 5.56 Å². The standard InChI is InChI=1S/C25H18N2O4/c1-15-21(28)18-12-8-13-19(23(18)30-22(15)16-9-4-3-5-10-16)25-26-24(27-31-25)17-11-6-7-14-20(17)29-2/h3-14H,1-2H3. The summed E-state index contributed by atoms with van der Waals surface area (Å²) in [4.78, 5) is 17.6. The highest BCUT2D eigenvalue weighted by Gasteiger charge is 2.20. The highest BCUT2D eigenvalue weighted by molar-refractivity contribution is 5.91. The fraction of sp³-hybridized carbons (Fsp3) is 0.0800. The van der Waals surface area contributed by atoms with Crippen LogP contribution in [0, 0.1) is 6.92 Å². The molecule has 0 saturated carbocycles. The topological polar surface area (TPSA) is 78.4 Å². The molecule has 31 heavy (non-hydrogen) atoms. The molecule has 0 aliphatic rings. The lowest BCUT2D eigenvalue weighted by Crippen LogP contribution is -2.07. The van der Waals surface area contributed by atoms with Gasteiger partial charge in [-0.3, -0.25) is 4.79 Å². The highest BCUT2D eigenvalue weighted by atomic mass is 16.5. The van der Waals surface area contributed by atoms with Crippen molar-refractivity contribution in [2.45, 2.75) is 6.92 Å². The normalized spacial score (nSPS) is 11.0. The van der Waals surface area contributed by atoms with Crippen LogP contribution in [-0.4, -0.2) is 17.3 Å². The van der Waals surface area contributed by atoms with Gasteiger partial charge in [-0.2, -0.15) is 4.98 Å². The van der Waals surface area contributed by atoms with E-state index in [0.29, 0.717) is 45.0 Å². The number of hydrogen-bond donors (Lipinski definition) is 0. The van der Waals surface area contributed by atoms with Crippen molar-refractivity contribution in [2.75, 3.05) is 7.11 Å². The Kier molecular flexibility index (Phi) is 4.59. The minimum absolute atomic E-state index is 0.0913. The Morgan fingerprint density at radius 1 is 0.871 bits per heavy atom. The fourth-order valence-electron chi connectivity index (χ4n) is 3.61. The zero-order valence-electron chi connectivity index (χ0n) is 17.0. The van der Waals surface area contributed by atoms with Crippen LogP contribution in [-0.2, 0) is 0 Å². The van der Waals surface area contributed by atoms with Crippen LogP contribution in [0.4, 0.5) is 0 Å². The second-order valence-electron chi connectivity index (χ2n) is 7.06. The monoisotopic (exact) mass is 410 g/mol. The number of rotatable bonds is 4. The molecule has 2 aromatic heterocycles. The highest BCUT2D eigenvalue weighted by Crippen LogP contribution is 2.33. The van der Waals surface area contributed by atoms with Gasteiger partial charge in [0.1, 0.15) is 11.5 Å². The number of para-hydroxylation sites is 2. The molecule has 0 aliphatic heterocycles. The summed E-state index contributed by atoms with van der Waals surface area (Å²) in [5.41, 5.74) is 2.96. The van der Waals surface area contributed by atoms with E-state index in [4.69, 9.17) is 13.7 Å². The summed E-state index contributed by atoms with van der Waals surface area (Å²) in [6.07, 6.45) is 0. The maximum atomic E-state index is 13.1. The minimum atomic E-state index is -0.0913. The Balaban J connectivity index is 1.71. The molecule has 0 aliphatic carbocycles. The van der Waals surface area contributed by atoms with Crippen molar-refractivity contribution >= 4 is 11.0 Å². The zero-order valence-corrected chi connectivity index (χ0v) is 17.0. The maximum Gasteiger partial charge on any atom is 0.262 e. The Labute approximate surface area is 177 Å². The Morgan fingerprint density at radius 2 is 1.61 bits per heavy atom. The first-order valence-corrected chi connectivity index (χ1v) is 9.76. The van der Waals surface area contributed by atoms with E-state index in [1.165, 1.54) is 0 Å². The molecular weight excluding hydrogens is 392 g/mol. The van der Waals surface area contributed by atoms with E-state index >= 15 is 0 Å². The van der Waals surface area contributed by atoms with Crippen molar-refractivity contribution in [2.24, 2.45) is 0 Å². The molecule has 0 amide bonds. The molecule has 5 aromatic rings. The number of methoxy groups -OCH3 is 1. The summed E-state index contributed by atoms with van der Waals surface area (Å²) < 4.78 is 17.2. The predicted molar refractivity (Wildman–Crippen MR) is 118 cm³/mol. The third-order valence-electron chi connectivity index (χ3n) is 5.19. The van der Waals surface area contributed by atoms with Crippen molar-refractivity contribution in [3.8, 4) is 39.9 Å². The number of fused-ring (bicyclic) bond motifs is 1. The summed E-state index contributed by atoms with van der Waals surface area (Å²) in [6, 6.07) is 22.3. The van der Waals surface area contributed by atoms with E-state index in [1.807, 2.05) is 54.6 Å². The van der Waals surface area contributed by atoms with Crippen LogP contribution in [0.1, 0.15) is 5.56 Å². The van der Waals surface area contributed by atoms with Gasteiger partial charge in [0.25, 0.3) is 5.89 Å². The predicted octanol–water partition coefficient (Wildman–Crippen LogP) is 5.49. The Hall–Kier alpha value is -4.19. The number of aromatic nitrogens is 2. The summed E-state index contributed by atoms with van der Waals surface area (Å²) >= 11 is 0. The molecule has 6 nitrogen and oxygen atoms in total. The largest absolute Gasteiger partial charge is 0.496 e. The van der Waals surface area contributed by atoms with Crippen LogP contribution in [0.15, 0.2) is 86.5 Å². The lowest BCUT2D eigenvalue weighted by atomic mass is 10.0. The van der Waals surface area contributed by atoms with Gasteiger partial charge in [-0.25, -0.2) is 0 Å². The fourth-order valence-corrected chi connectivity index (χ4v) is 3.61. The molecule has 0 atom stereocenters. The van der Waals surface area contributed by atoms with E-state index in [-0.39, 0.29) is 11.3 Å². The second kappa shape index (κ2) is 7.57. The van der Waals surface area contributed by atoms with Gasteiger partial charge in [0.15, 0.2) is 11.0 Å². The number of nitrogens with zero attached hydrogens (tertiary/aromatic N) is 2. The molecule has 6 heteroatoms. The molecule has 0 bridgehead atoms. The van der Waals surface area contributed by atoms with Crippen LogP contribution >= 0.6 is 0 Å². The van der Waals surface area contributed by atoms with Crippen LogP contribution < -0.4 is 10.2 Å². The van der Waals surface area contributed by atoms with Crippen LogP contribution in [0.2, 0.25) is 0 Å². The Bertz CT molecular complexity index is 1450. The maximum absolute atomic E-state index is 13.1. The molecule has 0 N–H and O–H groups in total. The molecule has 3 aromatic carbocycles. The molecule has 0 radical (unpaired) electrons. The third-order valence-corrected chi connectivity index (χ3v) is 5.19. The molecule has 152 valence electrons. The first-order chi connectivity index (χ1) is 15.2. The van der Waals surface area contributed by atoms with Crippen molar-refractivity contribution in [1.82, 2.24) is 10.1 Å². The molecule has 0 spiro atoms. The summed E-state index contributed by atoms with van der Waals surface area (Å²) in [6.45, 7) is 1.77. The van der Waals surface area contributed by atoms with Crippen LogP contribution in [0.25, 0.3) is 45.1 Å². The third kappa shape index (κ3) is 3.18. The van der Waals surface area contributed by atoms with E-state index < -0.39 is 0 Å². The zero-order chi connectivity index (χ0) is 21.4. The lowest BCUT2D eigenvalue weighted by molar-refractivity contribution is 0.413. The quantitative estimate of drug-likeness (QED) is 0.390. The molecule has 0 fully saturated rings. The summed E-state index contributed by atoms with van der Waals surface area (Å²) in [5, 5.41) is 4.58. The van der Waals surface area contributed by atoms with Gasteiger partial charge >= 0.3 is 0 Å². The average molecular weight is 410 g/mol. The van der Waals surface area contributed by atoms with Crippen LogP contribution in [0.5, 0.6) is 5.75 Å². The average Bonchev–Trinajstić information content (AvgIpc) is 3.31. The lowest BCUT2D eigenvalue weighted by Gasteiger charge is -2.08. The van der Waals surface area contributed by atoms with E-state index in [1.54, 1.807) is 32.2 Å². The van der Waals surface area contributed by atoms with Gasteiger partial charge in [-0.05, 0) is 31.2 Å². The molecular formula is C25H18N2O4. The van der Waals surface area contributed by atoms with Gasteiger partial charge in [-0.1, -0.05) is 53.7 Å². The first kappa shape index (κ1) is 18.8. The molecule has 0 unspecified atom stereocenters. The minimum Gasteiger partial charge on any atom is -0.496 e. The smallest absolute Gasteiger partial charge is 0.262 e. The van der Waals surface area contributed by atoms with Gasteiger partial charge in [0.2, 0.25) is 5.82 Å². The molecule has 0 saturated heterocycles. The Morgan fingerprint density at radius 3 is 2.42 bits per heavy atom. The summed E-state index contributed by atoms with van der Waals surface area (Å²) in [7, 11) is 1.59. The molecule has 5 rings (SSSR count). The van der Waals surface area contributed by atoms with E-state index in [2.05, 4.69) is 10.1 Å². The van der Waals surface area contributed by atoms with Gasteiger partial charge in [0, 0.05) is 11.1 Å². The van der Waals surface area contributed by atoms with Gasteiger partial charge in [-0.15, -0.1) is 0 Å². The number of benzene rings is 3. The first-order valence-electron chi connectivity index (χ1n) is 9.76. The van der Waals surface area contributed by atoms with Gasteiger partial charge < -0.3 is 13.7 Å². The number of hydrogen-bond acceptors (Lipinski definition) is 6.